The molecule has 0 fully saturated rings. The number of Topliss-reactive ketones (excluding diaryl/α,β-unsaturated/α-hetero) is 1. The summed E-state index contributed by atoms with van der Waals surface area (Å²) in [6.45, 7) is 1.40. The standard InChI is InChI=1S/C8H11NO3S/c1-6(10)7-4-5-8(9(7)2)13(3,11)12/h4-5H,1-3H3. The second-order valence-electron chi connectivity index (χ2n) is 2.94. The van der Waals surface area contributed by atoms with Crippen LogP contribution in [-0.4, -0.2) is 25.0 Å². The first-order valence-corrected chi connectivity index (χ1v) is 5.60. The third kappa shape index (κ3) is 1.80. The molecule has 0 saturated heterocycles. The molecule has 0 aliphatic heterocycles. The Kier molecular flexibility index (Phi) is 2.30. The molecule has 0 saturated carbocycles. The second-order valence-corrected chi connectivity index (χ2v) is 4.91. The van der Waals surface area contributed by atoms with Crippen molar-refractivity contribution in [3.63, 3.8) is 0 Å². The third-order valence-electron chi connectivity index (χ3n) is 1.82. The van der Waals surface area contributed by atoms with Gasteiger partial charge >= 0.3 is 0 Å². The molecule has 0 amide bonds. The van der Waals surface area contributed by atoms with Gasteiger partial charge in [-0.25, -0.2) is 8.42 Å². The van der Waals surface area contributed by atoms with Crippen molar-refractivity contribution < 1.29 is 13.2 Å². The van der Waals surface area contributed by atoms with Gasteiger partial charge in [-0.3, -0.25) is 4.79 Å². The van der Waals surface area contributed by atoms with E-state index in [-0.39, 0.29) is 10.8 Å². The van der Waals surface area contributed by atoms with Crippen LogP contribution in [0.2, 0.25) is 0 Å². The summed E-state index contributed by atoms with van der Waals surface area (Å²) in [7, 11) is -1.67. The lowest BCUT2D eigenvalue weighted by Gasteiger charge is -2.02. The SMILES string of the molecule is CC(=O)c1ccc(S(C)(=O)=O)n1C. The number of carbonyl (C=O) groups excluding carboxylic acids is 1. The molecule has 1 aromatic rings. The van der Waals surface area contributed by atoms with Crippen molar-refractivity contribution in [2.75, 3.05) is 6.26 Å². The second kappa shape index (κ2) is 2.99. The van der Waals surface area contributed by atoms with Crippen molar-refractivity contribution in [2.24, 2.45) is 7.05 Å². The molecule has 4 nitrogen and oxygen atoms in total. The Bertz CT molecular complexity index is 442. The Morgan fingerprint density at radius 1 is 1.38 bits per heavy atom. The lowest BCUT2D eigenvalue weighted by atomic mass is 10.3. The Morgan fingerprint density at radius 3 is 2.15 bits per heavy atom. The molecule has 0 aliphatic rings. The summed E-state index contributed by atoms with van der Waals surface area (Å²) in [5, 5.41) is 0.165. The van der Waals surface area contributed by atoms with Crippen LogP contribution in [0, 0.1) is 0 Å². The van der Waals surface area contributed by atoms with E-state index in [1.807, 2.05) is 0 Å². The van der Waals surface area contributed by atoms with Crippen molar-refractivity contribution in [3.05, 3.63) is 17.8 Å². The fourth-order valence-corrected chi connectivity index (χ4v) is 2.13. The van der Waals surface area contributed by atoms with Crippen molar-refractivity contribution in [3.8, 4) is 0 Å². The zero-order valence-corrected chi connectivity index (χ0v) is 8.55. The van der Waals surface area contributed by atoms with Crippen LogP contribution in [0.1, 0.15) is 17.4 Å². The van der Waals surface area contributed by atoms with Crippen molar-refractivity contribution in [2.45, 2.75) is 11.9 Å². The molecule has 0 aromatic carbocycles. The van der Waals surface area contributed by atoms with Crippen molar-refractivity contribution >= 4 is 15.6 Å². The van der Waals surface area contributed by atoms with Gasteiger partial charge in [-0.05, 0) is 12.1 Å². The van der Waals surface area contributed by atoms with E-state index in [1.165, 1.54) is 23.6 Å². The van der Waals surface area contributed by atoms with Gasteiger partial charge in [0.05, 0.1) is 5.69 Å². The van der Waals surface area contributed by atoms with E-state index in [9.17, 15) is 13.2 Å². The maximum absolute atomic E-state index is 11.2. The van der Waals surface area contributed by atoms with E-state index in [1.54, 1.807) is 7.05 Å². The first kappa shape index (κ1) is 9.98. The molecule has 72 valence electrons. The monoisotopic (exact) mass is 201 g/mol. The number of nitrogens with zero attached hydrogens (tertiary/aromatic N) is 1. The fourth-order valence-electron chi connectivity index (χ4n) is 1.22. The van der Waals surface area contributed by atoms with Gasteiger partial charge in [-0.1, -0.05) is 0 Å². The van der Waals surface area contributed by atoms with Crippen LogP contribution >= 0.6 is 0 Å². The van der Waals surface area contributed by atoms with Gasteiger partial charge in [0, 0.05) is 20.2 Å². The Labute approximate surface area is 77.1 Å². The molecule has 1 heterocycles. The van der Waals surface area contributed by atoms with Crippen molar-refractivity contribution in [1.82, 2.24) is 4.57 Å². The molecule has 0 unspecified atom stereocenters. The largest absolute Gasteiger partial charge is 0.332 e. The molecule has 0 atom stereocenters. The predicted octanol–water partition coefficient (Wildman–Crippen LogP) is 0.631. The first-order valence-electron chi connectivity index (χ1n) is 3.70. The average Bonchev–Trinajstić information content (AvgIpc) is 2.28. The van der Waals surface area contributed by atoms with E-state index in [0.717, 1.165) is 6.26 Å². The molecule has 0 aliphatic carbocycles. The molecular formula is C8H11NO3S. The predicted molar refractivity (Wildman–Crippen MR) is 48.5 cm³/mol. The number of ketones is 1. The third-order valence-corrected chi connectivity index (χ3v) is 2.99. The summed E-state index contributed by atoms with van der Waals surface area (Å²) in [4.78, 5) is 11.0. The molecular weight excluding hydrogens is 190 g/mol. The number of rotatable bonds is 2. The molecule has 0 spiro atoms. The maximum Gasteiger partial charge on any atom is 0.190 e. The molecule has 0 bridgehead atoms. The highest BCUT2D eigenvalue weighted by Crippen LogP contribution is 2.13. The highest BCUT2D eigenvalue weighted by molar-refractivity contribution is 7.90. The summed E-state index contributed by atoms with van der Waals surface area (Å²) in [6, 6.07) is 2.95. The molecule has 13 heavy (non-hydrogen) atoms. The van der Waals surface area contributed by atoms with Gasteiger partial charge in [0.2, 0.25) is 0 Å². The van der Waals surface area contributed by atoms with Gasteiger partial charge in [-0.2, -0.15) is 0 Å². The van der Waals surface area contributed by atoms with Gasteiger partial charge < -0.3 is 4.57 Å². The zero-order valence-electron chi connectivity index (χ0n) is 7.73. The number of hydrogen-bond acceptors (Lipinski definition) is 3. The number of sulfone groups is 1. The molecule has 1 aromatic heterocycles. The lowest BCUT2D eigenvalue weighted by Crippen LogP contribution is -2.08. The Hall–Kier alpha value is -1.10. The van der Waals surface area contributed by atoms with Crippen LogP contribution < -0.4 is 0 Å². The van der Waals surface area contributed by atoms with Gasteiger partial charge in [0.1, 0.15) is 5.03 Å². The first-order chi connectivity index (χ1) is 5.84. The van der Waals surface area contributed by atoms with E-state index >= 15 is 0 Å². The van der Waals surface area contributed by atoms with E-state index < -0.39 is 9.84 Å². The van der Waals surface area contributed by atoms with Crippen molar-refractivity contribution in [1.29, 1.82) is 0 Å². The smallest absolute Gasteiger partial charge is 0.190 e. The van der Waals surface area contributed by atoms with Crippen LogP contribution in [-0.2, 0) is 16.9 Å². The number of hydrogen-bond donors (Lipinski definition) is 0. The maximum atomic E-state index is 11.2. The summed E-state index contributed by atoms with van der Waals surface area (Å²) < 4.78 is 23.7. The van der Waals surface area contributed by atoms with Crippen LogP contribution in [0.3, 0.4) is 0 Å². The van der Waals surface area contributed by atoms with E-state index in [2.05, 4.69) is 0 Å². The summed E-state index contributed by atoms with van der Waals surface area (Å²) >= 11 is 0. The van der Waals surface area contributed by atoms with Gasteiger partial charge in [0.25, 0.3) is 0 Å². The Balaban J connectivity index is 3.39. The molecule has 1 rings (SSSR count). The lowest BCUT2D eigenvalue weighted by molar-refractivity contribution is 0.100. The van der Waals surface area contributed by atoms with Crippen LogP contribution in [0.15, 0.2) is 17.2 Å². The van der Waals surface area contributed by atoms with Gasteiger partial charge in [-0.15, -0.1) is 0 Å². The van der Waals surface area contributed by atoms with Crippen LogP contribution in [0.4, 0.5) is 0 Å². The minimum Gasteiger partial charge on any atom is -0.332 e. The fraction of sp³-hybridized carbons (Fsp3) is 0.375. The molecule has 5 heteroatoms. The summed E-state index contributed by atoms with van der Waals surface area (Å²) in [5.41, 5.74) is 0.403. The summed E-state index contributed by atoms with van der Waals surface area (Å²) in [5.74, 6) is -0.141. The number of carbonyl (C=O) groups is 1. The van der Waals surface area contributed by atoms with E-state index in [4.69, 9.17) is 0 Å². The minimum atomic E-state index is -3.24. The minimum absolute atomic E-state index is 0.141. The van der Waals surface area contributed by atoms with Gasteiger partial charge in [0.15, 0.2) is 15.6 Å². The topological polar surface area (TPSA) is 56.1 Å². The normalized spacial score (nSPS) is 11.6. The highest BCUT2D eigenvalue weighted by Gasteiger charge is 2.15. The Morgan fingerprint density at radius 2 is 1.92 bits per heavy atom. The quantitative estimate of drug-likeness (QED) is 0.659. The van der Waals surface area contributed by atoms with E-state index in [0.29, 0.717) is 5.69 Å². The highest BCUT2D eigenvalue weighted by atomic mass is 32.2. The van der Waals surface area contributed by atoms with Crippen LogP contribution in [0.5, 0.6) is 0 Å². The summed E-state index contributed by atoms with van der Waals surface area (Å²) in [6.07, 6.45) is 1.12. The zero-order chi connectivity index (χ0) is 10.2. The molecule has 0 radical (unpaired) electrons. The number of aromatic nitrogens is 1. The van der Waals surface area contributed by atoms with Crippen LogP contribution in [0.25, 0.3) is 0 Å². The molecule has 0 N–H and O–H groups in total. The average molecular weight is 201 g/mol.